The number of aryl methyl sites for hydroxylation is 1. The van der Waals surface area contributed by atoms with Crippen molar-refractivity contribution in [1.29, 1.82) is 0 Å². The topological polar surface area (TPSA) is 81.1 Å². The van der Waals surface area contributed by atoms with E-state index in [1.165, 1.54) is 17.3 Å². The minimum absolute atomic E-state index is 0.0234. The molecule has 0 radical (unpaired) electrons. The van der Waals surface area contributed by atoms with Gasteiger partial charge in [0.15, 0.2) is 5.82 Å². The molecule has 3 aromatic rings. The third-order valence-electron chi connectivity index (χ3n) is 4.99. The summed E-state index contributed by atoms with van der Waals surface area (Å²) >= 11 is 1.44. The number of methoxy groups -OCH3 is 1. The molecule has 156 valence electrons. The molecule has 2 heterocycles. The lowest BCUT2D eigenvalue weighted by Gasteiger charge is -2.33. The third-order valence-corrected chi connectivity index (χ3v) is 6.20. The first-order valence-electron chi connectivity index (χ1n) is 9.94. The van der Waals surface area contributed by atoms with E-state index in [1.807, 2.05) is 35.0 Å². The second kappa shape index (κ2) is 9.32. The minimum atomic E-state index is -0.365. The summed E-state index contributed by atoms with van der Waals surface area (Å²) in [4.78, 5) is 13.0. The molecular formula is C22H25N5O2S. The number of aromatic nitrogens is 3. The molecule has 2 aromatic carbocycles. The Morgan fingerprint density at radius 2 is 1.93 bits per heavy atom. The van der Waals surface area contributed by atoms with E-state index in [-0.39, 0.29) is 17.2 Å². The maximum Gasteiger partial charge on any atom is 0.236 e. The molecule has 1 aliphatic rings. The Morgan fingerprint density at radius 3 is 2.67 bits per heavy atom. The normalized spacial score (nSPS) is 17.8. The van der Waals surface area contributed by atoms with Gasteiger partial charge < -0.3 is 15.5 Å². The van der Waals surface area contributed by atoms with E-state index in [1.54, 1.807) is 7.11 Å². The average Bonchev–Trinajstić information content (AvgIpc) is 3.20. The van der Waals surface area contributed by atoms with Crippen LogP contribution in [0.15, 0.2) is 59.8 Å². The van der Waals surface area contributed by atoms with E-state index in [0.717, 1.165) is 23.4 Å². The number of hydrogen-bond acceptors (Lipinski definition) is 6. The second-order valence-electron chi connectivity index (χ2n) is 7.20. The van der Waals surface area contributed by atoms with Crippen molar-refractivity contribution in [3.8, 4) is 11.4 Å². The van der Waals surface area contributed by atoms with Gasteiger partial charge in [-0.1, -0.05) is 71.9 Å². The third kappa shape index (κ3) is 4.34. The predicted octanol–water partition coefficient (Wildman–Crippen LogP) is 3.17. The number of benzene rings is 2. The molecule has 4 rings (SSSR count). The van der Waals surface area contributed by atoms with E-state index in [9.17, 15) is 4.79 Å². The number of rotatable bonds is 7. The molecule has 0 unspecified atom stereocenters. The largest absolute Gasteiger partial charge is 0.385 e. The molecule has 8 heteroatoms. The quantitative estimate of drug-likeness (QED) is 0.568. The van der Waals surface area contributed by atoms with Gasteiger partial charge in [-0.15, -0.1) is 10.2 Å². The van der Waals surface area contributed by atoms with Crippen LogP contribution in [0.3, 0.4) is 0 Å². The van der Waals surface area contributed by atoms with Crippen molar-refractivity contribution in [3.63, 3.8) is 0 Å². The molecule has 0 fully saturated rings. The number of ether oxygens (including phenoxy) is 1. The summed E-state index contributed by atoms with van der Waals surface area (Å²) in [7, 11) is 1.66. The zero-order chi connectivity index (χ0) is 20.9. The summed E-state index contributed by atoms with van der Waals surface area (Å²) in [6, 6.07) is 18.0. The highest BCUT2D eigenvalue weighted by atomic mass is 32.2. The van der Waals surface area contributed by atoms with Gasteiger partial charge in [0.1, 0.15) is 5.25 Å². The zero-order valence-corrected chi connectivity index (χ0v) is 17.9. The molecule has 0 saturated carbocycles. The van der Waals surface area contributed by atoms with Crippen LogP contribution in [0.1, 0.15) is 23.6 Å². The number of carbonyl (C=O) groups excluding carboxylic acids is 1. The average molecular weight is 424 g/mol. The van der Waals surface area contributed by atoms with Crippen molar-refractivity contribution in [3.05, 3.63) is 65.7 Å². The maximum atomic E-state index is 13.0. The van der Waals surface area contributed by atoms with Crippen molar-refractivity contribution in [1.82, 2.24) is 20.2 Å². The van der Waals surface area contributed by atoms with Gasteiger partial charge in [0.05, 0.1) is 6.04 Å². The number of nitrogens with zero attached hydrogens (tertiary/aromatic N) is 3. The maximum absolute atomic E-state index is 13.0. The molecule has 0 saturated heterocycles. The van der Waals surface area contributed by atoms with Crippen LogP contribution in [0.2, 0.25) is 0 Å². The summed E-state index contributed by atoms with van der Waals surface area (Å²) in [6.45, 7) is 3.25. The first kappa shape index (κ1) is 20.4. The van der Waals surface area contributed by atoms with Crippen molar-refractivity contribution in [2.45, 2.75) is 29.8 Å². The van der Waals surface area contributed by atoms with Crippen LogP contribution in [0.4, 0.5) is 0 Å². The van der Waals surface area contributed by atoms with Crippen LogP contribution in [0.25, 0.3) is 11.4 Å². The highest BCUT2D eigenvalue weighted by molar-refractivity contribution is 8.00. The van der Waals surface area contributed by atoms with Gasteiger partial charge in [-0.25, -0.2) is 4.68 Å². The van der Waals surface area contributed by atoms with Crippen LogP contribution in [-0.4, -0.2) is 46.3 Å². The van der Waals surface area contributed by atoms with Crippen LogP contribution in [0, 0.1) is 6.92 Å². The Bertz CT molecular complexity index is 991. The van der Waals surface area contributed by atoms with Gasteiger partial charge in [0.2, 0.25) is 11.1 Å². The fourth-order valence-corrected chi connectivity index (χ4v) is 4.49. The molecule has 0 aliphatic carbocycles. The fraction of sp³-hybridized carbons (Fsp3) is 0.318. The molecule has 1 amide bonds. The number of hydrogen-bond donors (Lipinski definition) is 2. The summed E-state index contributed by atoms with van der Waals surface area (Å²) in [5.74, 6) is 0.707. The van der Waals surface area contributed by atoms with Gasteiger partial charge in [-0.2, -0.15) is 0 Å². The SMILES string of the molecule is COCCCNC(=O)[C@@H]1Sc2nnc(-c3ccccc3)n2N[C@@H]1c1ccc(C)cc1. The summed E-state index contributed by atoms with van der Waals surface area (Å²) in [5.41, 5.74) is 6.69. The number of nitrogens with one attached hydrogen (secondary N) is 2. The molecular weight excluding hydrogens is 398 g/mol. The molecule has 2 atom stereocenters. The first-order valence-corrected chi connectivity index (χ1v) is 10.8. The zero-order valence-electron chi connectivity index (χ0n) is 17.0. The molecule has 2 N–H and O–H groups in total. The highest BCUT2D eigenvalue weighted by Gasteiger charge is 2.37. The smallest absolute Gasteiger partial charge is 0.236 e. The van der Waals surface area contributed by atoms with Crippen LogP contribution in [0.5, 0.6) is 0 Å². The van der Waals surface area contributed by atoms with Gasteiger partial charge in [-0.3, -0.25) is 4.79 Å². The van der Waals surface area contributed by atoms with E-state index in [0.29, 0.717) is 18.3 Å². The second-order valence-corrected chi connectivity index (χ2v) is 8.31. The van der Waals surface area contributed by atoms with Gasteiger partial charge in [0, 0.05) is 25.8 Å². The van der Waals surface area contributed by atoms with Crippen molar-refractivity contribution in [2.75, 3.05) is 25.7 Å². The molecule has 0 bridgehead atoms. The van der Waals surface area contributed by atoms with Crippen LogP contribution in [-0.2, 0) is 9.53 Å². The molecule has 1 aliphatic heterocycles. The van der Waals surface area contributed by atoms with Gasteiger partial charge in [0.25, 0.3) is 0 Å². The lowest BCUT2D eigenvalue weighted by atomic mass is 10.0. The van der Waals surface area contributed by atoms with Crippen LogP contribution >= 0.6 is 11.8 Å². The van der Waals surface area contributed by atoms with E-state index >= 15 is 0 Å². The van der Waals surface area contributed by atoms with Crippen molar-refractivity contribution in [2.24, 2.45) is 0 Å². The summed E-state index contributed by atoms with van der Waals surface area (Å²) in [6.07, 6.45) is 0.774. The number of carbonyl (C=O) groups is 1. The Morgan fingerprint density at radius 1 is 1.17 bits per heavy atom. The summed E-state index contributed by atoms with van der Waals surface area (Å²) in [5, 5.41) is 12.0. The fourth-order valence-electron chi connectivity index (χ4n) is 3.38. The number of amides is 1. The minimum Gasteiger partial charge on any atom is -0.385 e. The van der Waals surface area contributed by atoms with Gasteiger partial charge in [-0.05, 0) is 18.9 Å². The van der Waals surface area contributed by atoms with E-state index < -0.39 is 0 Å². The molecule has 30 heavy (non-hydrogen) atoms. The lowest BCUT2D eigenvalue weighted by molar-refractivity contribution is -0.121. The predicted molar refractivity (Wildman–Crippen MR) is 118 cm³/mol. The Labute approximate surface area is 180 Å². The molecule has 0 spiro atoms. The Kier molecular flexibility index (Phi) is 6.35. The van der Waals surface area contributed by atoms with E-state index in [2.05, 4.69) is 52.1 Å². The van der Waals surface area contributed by atoms with Crippen LogP contribution < -0.4 is 10.7 Å². The van der Waals surface area contributed by atoms with Crippen molar-refractivity contribution < 1.29 is 9.53 Å². The number of thioether (sulfide) groups is 1. The Hall–Kier alpha value is -2.84. The van der Waals surface area contributed by atoms with Gasteiger partial charge >= 0.3 is 0 Å². The monoisotopic (exact) mass is 423 g/mol. The highest BCUT2D eigenvalue weighted by Crippen LogP contribution is 2.38. The van der Waals surface area contributed by atoms with Crippen molar-refractivity contribution >= 4 is 17.7 Å². The Balaban J connectivity index is 1.64. The molecule has 1 aromatic heterocycles. The molecule has 7 nitrogen and oxygen atoms in total. The summed E-state index contributed by atoms with van der Waals surface area (Å²) < 4.78 is 6.96. The number of fused-ring (bicyclic) bond motifs is 1. The standard InChI is InChI=1S/C22H25N5O2S/c1-15-9-11-16(12-10-15)18-19(21(28)23-13-6-14-29-2)30-22-25-24-20(27(22)26-18)17-7-4-3-5-8-17/h3-5,7-12,18-19,26H,6,13-14H2,1-2H3,(H,23,28)/t18-,19-/m1/s1. The first-order chi connectivity index (χ1) is 14.7. The van der Waals surface area contributed by atoms with E-state index in [4.69, 9.17) is 4.74 Å². The lowest BCUT2D eigenvalue weighted by Crippen LogP contribution is -2.44.